The zero-order valence-electron chi connectivity index (χ0n) is 28.4. The largest absolute Gasteiger partial charge is 0.265 e. The maximum atomic E-state index is 5.12. The van der Waals surface area contributed by atoms with Gasteiger partial charge in [-0.15, -0.1) is 0 Å². The van der Waals surface area contributed by atoms with E-state index in [9.17, 15) is 0 Å². The van der Waals surface area contributed by atoms with Gasteiger partial charge in [0.15, 0.2) is 17.5 Å². The molecule has 5 aromatic carbocycles. The summed E-state index contributed by atoms with van der Waals surface area (Å²) in [6.07, 6.45) is 11.2. The zero-order chi connectivity index (χ0) is 34.4. The van der Waals surface area contributed by atoms with Gasteiger partial charge in [-0.2, -0.15) is 0 Å². The highest BCUT2D eigenvalue weighted by molar-refractivity contribution is 6.04. The van der Waals surface area contributed by atoms with Gasteiger partial charge in [0, 0.05) is 29.1 Å². The number of nitrogens with zero attached hydrogens (tertiary/aromatic N) is 4. The summed E-state index contributed by atoms with van der Waals surface area (Å²) in [5.41, 5.74) is 11.9. The average molecular weight is 657 g/mol. The summed E-state index contributed by atoms with van der Waals surface area (Å²) in [4.78, 5) is 19.4. The number of hydrogen-bond donors (Lipinski definition) is 0. The van der Waals surface area contributed by atoms with E-state index in [4.69, 9.17) is 15.0 Å². The Morgan fingerprint density at radius 1 is 0.471 bits per heavy atom. The SMILES string of the molecule is CC1C=CC(c2nc(-c3ccc(-c4ccncc4)cc3)nc(-c3cccc(C(=C(c4ccccc4)c4ccccc4)c4ccccc4)c3)n2)=CC1. The minimum absolute atomic E-state index is 0.485. The fourth-order valence-electron chi connectivity index (χ4n) is 6.55. The molecule has 0 spiro atoms. The van der Waals surface area contributed by atoms with Crippen molar-refractivity contribution in [2.75, 3.05) is 0 Å². The van der Waals surface area contributed by atoms with Crippen LogP contribution < -0.4 is 0 Å². The molecule has 4 heteroatoms. The predicted octanol–water partition coefficient (Wildman–Crippen LogP) is 11.3. The summed E-state index contributed by atoms with van der Waals surface area (Å²) < 4.78 is 0. The van der Waals surface area contributed by atoms with E-state index in [2.05, 4.69) is 170 Å². The molecule has 7 aromatic rings. The molecule has 4 nitrogen and oxygen atoms in total. The molecule has 0 radical (unpaired) electrons. The van der Waals surface area contributed by atoms with Crippen LogP contribution in [0.4, 0.5) is 0 Å². The van der Waals surface area contributed by atoms with Gasteiger partial charge >= 0.3 is 0 Å². The number of pyridine rings is 1. The number of allylic oxidation sites excluding steroid dienone is 4. The first-order chi connectivity index (χ1) is 25.2. The van der Waals surface area contributed by atoms with Crippen LogP contribution in [0.5, 0.6) is 0 Å². The first kappa shape index (κ1) is 31.7. The molecular formula is C47H36N4. The maximum absolute atomic E-state index is 5.12. The molecule has 0 saturated heterocycles. The molecule has 1 aliphatic rings. The second-order valence-corrected chi connectivity index (χ2v) is 12.8. The molecule has 1 unspecified atom stereocenters. The minimum Gasteiger partial charge on any atom is -0.265 e. The summed E-state index contributed by atoms with van der Waals surface area (Å²) >= 11 is 0. The third-order valence-corrected chi connectivity index (χ3v) is 9.21. The van der Waals surface area contributed by atoms with E-state index in [0.29, 0.717) is 23.4 Å². The van der Waals surface area contributed by atoms with Crippen molar-refractivity contribution in [1.29, 1.82) is 0 Å². The summed E-state index contributed by atoms with van der Waals surface area (Å²) in [5, 5.41) is 0. The van der Waals surface area contributed by atoms with Crippen molar-refractivity contribution in [3.05, 3.63) is 210 Å². The summed E-state index contributed by atoms with van der Waals surface area (Å²) in [6.45, 7) is 2.22. The Hall–Kier alpha value is -6.52. The zero-order valence-corrected chi connectivity index (χ0v) is 28.4. The van der Waals surface area contributed by atoms with E-state index in [1.165, 1.54) is 0 Å². The fraction of sp³-hybridized carbons (Fsp3) is 0.0638. The second-order valence-electron chi connectivity index (χ2n) is 12.8. The molecule has 51 heavy (non-hydrogen) atoms. The van der Waals surface area contributed by atoms with Crippen molar-refractivity contribution >= 4 is 16.7 Å². The first-order valence-corrected chi connectivity index (χ1v) is 17.4. The van der Waals surface area contributed by atoms with Crippen LogP contribution in [0.3, 0.4) is 0 Å². The normalized spacial score (nSPS) is 13.7. The Kier molecular flexibility index (Phi) is 9.04. The lowest BCUT2D eigenvalue weighted by molar-refractivity contribution is 0.738. The van der Waals surface area contributed by atoms with E-state index in [1.54, 1.807) is 0 Å². The lowest BCUT2D eigenvalue weighted by atomic mass is 9.85. The topological polar surface area (TPSA) is 51.6 Å². The molecular weight excluding hydrogens is 621 g/mol. The first-order valence-electron chi connectivity index (χ1n) is 17.4. The molecule has 0 fully saturated rings. The van der Waals surface area contributed by atoms with Crippen LogP contribution in [0.1, 0.15) is 41.4 Å². The Balaban J connectivity index is 1.30. The Morgan fingerprint density at radius 2 is 0.961 bits per heavy atom. The molecule has 244 valence electrons. The van der Waals surface area contributed by atoms with Crippen LogP contribution in [0, 0.1) is 5.92 Å². The van der Waals surface area contributed by atoms with Gasteiger partial charge < -0.3 is 0 Å². The van der Waals surface area contributed by atoms with Crippen LogP contribution in [0.25, 0.3) is 50.6 Å². The van der Waals surface area contributed by atoms with E-state index in [1.807, 2.05) is 24.5 Å². The number of rotatable bonds is 8. The Morgan fingerprint density at radius 3 is 1.53 bits per heavy atom. The van der Waals surface area contributed by atoms with Crippen molar-refractivity contribution in [2.45, 2.75) is 13.3 Å². The molecule has 0 aliphatic heterocycles. The summed E-state index contributed by atoms with van der Waals surface area (Å²) in [6, 6.07) is 53.0. The standard InChI is InChI=1S/C47H36N4/c1-33-20-22-39(23-21-33)45-49-46(40-26-24-34(25-27-40)35-28-30-48-31-29-35)51-47(50-45)42-19-11-18-41(32-42)44(38-16-9-4-10-17-38)43(36-12-5-2-6-13-36)37-14-7-3-8-15-37/h2-20,22-33H,21H2,1H3. The molecule has 0 N–H and O–H groups in total. The van der Waals surface area contributed by atoms with Gasteiger partial charge in [0.25, 0.3) is 0 Å². The van der Waals surface area contributed by atoms with E-state index < -0.39 is 0 Å². The summed E-state index contributed by atoms with van der Waals surface area (Å²) in [7, 11) is 0. The minimum atomic E-state index is 0.485. The van der Waals surface area contributed by atoms with Crippen LogP contribution in [-0.2, 0) is 0 Å². The Labute approximate surface area is 299 Å². The van der Waals surface area contributed by atoms with Crippen molar-refractivity contribution in [1.82, 2.24) is 19.9 Å². The molecule has 2 aromatic heterocycles. The predicted molar refractivity (Wildman–Crippen MR) is 209 cm³/mol. The number of aromatic nitrogens is 4. The monoisotopic (exact) mass is 656 g/mol. The molecule has 1 aliphatic carbocycles. The van der Waals surface area contributed by atoms with Crippen molar-refractivity contribution in [3.8, 4) is 33.9 Å². The van der Waals surface area contributed by atoms with E-state index in [-0.39, 0.29) is 0 Å². The van der Waals surface area contributed by atoms with Gasteiger partial charge in [-0.1, -0.05) is 159 Å². The molecule has 0 bridgehead atoms. The quantitative estimate of drug-likeness (QED) is 0.153. The molecule has 0 amide bonds. The van der Waals surface area contributed by atoms with Gasteiger partial charge in [-0.25, -0.2) is 15.0 Å². The van der Waals surface area contributed by atoms with Crippen molar-refractivity contribution in [2.24, 2.45) is 5.92 Å². The lowest BCUT2D eigenvalue weighted by Crippen LogP contribution is -2.04. The fourth-order valence-corrected chi connectivity index (χ4v) is 6.55. The van der Waals surface area contributed by atoms with E-state index >= 15 is 0 Å². The van der Waals surface area contributed by atoms with Crippen LogP contribution in [-0.4, -0.2) is 19.9 Å². The van der Waals surface area contributed by atoms with Crippen molar-refractivity contribution < 1.29 is 0 Å². The van der Waals surface area contributed by atoms with Gasteiger partial charge in [0.1, 0.15) is 0 Å². The third kappa shape index (κ3) is 6.99. The smallest absolute Gasteiger partial charge is 0.164 e. The highest BCUT2D eigenvalue weighted by atomic mass is 15.0. The summed E-state index contributed by atoms with van der Waals surface area (Å²) in [5.74, 6) is 2.44. The number of benzene rings is 5. The molecule has 1 atom stereocenters. The van der Waals surface area contributed by atoms with E-state index in [0.717, 1.165) is 67.6 Å². The lowest BCUT2D eigenvalue weighted by Gasteiger charge is -2.19. The van der Waals surface area contributed by atoms with Crippen LogP contribution in [0.2, 0.25) is 0 Å². The maximum Gasteiger partial charge on any atom is 0.164 e. The highest BCUT2D eigenvalue weighted by Crippen LogP contribution is 2.38. The highest BCUT2D eigenvalue weighted by Gasteiger charge is 2.19. The van der Waals surface area contributed by atoms with Gasteiger partial charge in [-0.3, -0.25) is 4.98 Å². The van der Waals surface area contributed by atoms with Crippen LogP contribution in [0.15, 0.2) is 182 Å². The molecule has 2 heterocycles. The van der Waals surface area contributed by atoms with Crippen LogP contribution >= 0.6 is 0 Å². The van der Waals surface area contributed by atoms with Gasteiger partial charge in [-0.05, 0) is 75.1 Å². The Bertz CT molecular complexity index is 2320. The average Bonchev–Trinajstić information content (AvgIpc) is 3.21. The van der Waals surface area contributed by atoms with Gasteiger partial charge in [0.05, 0.1) is 0 Å². The molecule has 0 saturated carbocycles. The van der Waals surface area contributed by atoms with Crippen molar-refractivity contribution in [3.63, 3.8) is 0 Å². The van der Waals surface area contributed by atoms with Gasteiger partial charge in [0.2, 0.25) is 0 Å². The number of hydrogen-bond acceptors (Lipinski definition) is 4. The second kappa shape index (κ2) is 14.5. The molecule has 8 rings (SSSR count). The third-order valence-electron chi connectivity index (χ3n) is 9.21.